The zero-order chi connectivity index (χ0) is 11.4. The Morgan fingerprint density at radius 3 is 3.06 bits per heavy atom. The van der Waals surface area contributed by atoms with E-state index in [1.807, 2.05) is 19.9 Å². The van der Waals surface area contributed by atoms with Crippen molar-refractivity contribution in [2.24, 2.45) is 0 Å². The third-order valence-electron chi connectivity index (χ3n) is 2.49. The average Bonchev–Trinajstić information content (AvgIpc) is 2.27. The van der Waals surface area contributed by atoms with Crippen molar-refractivity contribution in [1.82, 2.24) is 15.3 Å². The monoisotopic (exact) mass is 222 g/mol. The van der Waals surface area contributed by atoms with Crippen LogP contribution in [0.3, 0.4) is 0 Å². The quantitative estimate of drug-likeness (QED) is 0.779. The first-order valence-electron chi connectivity index (χ1n) is 5.61. The molecule has 16 heavy (non-hydrogen) atoms. The van der Waals surface area contributed by atoms with E-state index >= 15 is 0 Å². The van der Waals surface area contributed by atoms with Gasteiger partial charge in [0.25, 0.3) is 0 Å². The van der Waals surface area contributed by atoms with E-state index in [4.69, 9.17) is 4.74 Å². The van der Waals surface area contributed by atoms with Gasteiger partial charge in [0.15, 0.2) is 0 Å². The molecule has 1 aliphatic heterocycles. The lowest BCUT2D eigenvalue weighted by molar-refractivity contribution is 0.0806. The SMILES string of the molecule is Cc1cc(NCC2COCCN2)nc(C)n1. The number of nitrogens with one attached hydrogen (secondary N) is 2. The third kappa shape index (κ3) is 3.15. The minimum atomic E-state index is 0.365. The van der Waals surface area contributed by atoms with Gasteiger partial charge in [-0.2, -0.15) is 0 Å². The van der Waals surface area contributed by atoms with Crippen molar-refractivity contribution in [3.63, 3.8) is 0 Å². The van der Waals surface area contributed by atoms with Crippen molar-refractivity contribution in [3.05, 3.63) is 17.6 Å². The van der Waals surface area contributed by atoms with Crippen LogP contribution in [0.2, 0.25) is 0 Å². The molecule has 88 valence electrons. The van der Waals surface area contributed by atoms with Crippen LogP contribution in [0, 0.1) is 13.8 Å². The van der Waals surface area contributed by atoms with Crippen LogP contribution in [0.4, 0.5) is 5.82 Å². The van der Waals surface area contributed by atoms with Gasteiger partial charge in [0.1, 0.15) is 11.6 Å². The highest BCUT2D eigenvalue weighted by Gasteiger charge is 2.12. The van der Waals surface area contributed by atoms with Crippen molar-refractivity contribution in [3.8, 4) is 0 Å². The Hall–Kier alpha value is -1.20. The van der Waals surface area contributed by atoms with Crippen LogP contribution in [0.5, 0.6) is 0 Å². The molecule has 0 aliphatic carbocycles. The number of ether oxygens (including phenoxy) is 1. The second-order valence-electron chi connectivity index (χ2n) is 4.05. The van der Waals surface area contributed by atoms with E-state index in [2.05, 4.69) is 20.6 Å². The standard InChI is InChI=1S/C11H18N4O/c1-8-5-11(15-9(2)14-8)13-6-10-7-16-4-3-12-10/h5,10,12H,3-4,6-7H2,1-2H3,(H,13,14,15). The van der Waals surface area contributed by atoms with Gasteiger partial charge in [-0.05, 0) is 13.8 Å². The highest BCUT2D eigenvalue weighted by molar-refractivity contribution is 5.35. The second kappa shape index (κ2) is 5.23. The molecule has 1 unspecified atom stereocenters. The van der Waals surface area contributed by atoms with Gasteiger partial charge in [0.05, 0.1) is 13.2 Å². The zero-order valence-electron chi connectivity index (χ0n) is 9.79. The van der Waals surface area contributed by atoms with E-state index in [0.717, 1.165) is 43.6 Å². The van der Waals surface area contributed by atoms with E-state index in [9.17, 15) is 0 Å². The predicted molar refractivity (Wildman–Crippen MR) is 62.6 cm³/mol. The van der Waals surface area contributed by atoms with E-state index in [1.54, 1.807) is 0 Å². The number of hydrogen-bond donors (Lipinski definition) is 2. The van der Waals surface area contributed by atoms with Gasteiger partial charge < -0.3 is 15.4 Å². The molecule has 0 aromatic carbocycles. The molecule has 1 aliphatic rings. The fourth-order valence-electron chi connectivity index (χ4n) is 1.79. The lowest BCUT2D eigenvalue weighted by atomic mass is 10.3. The molecular formula is C11H18N4O. The predicted octanol–water partition coefficient (Wildman–Crippen LogP) is 0.494. The Kier molecular flexibility index (Phi) is 3.69. The molecule has 2 heterocycles. The topological polar surface area (TPSA) is 59.1 Å². The number of nitrogens with zero attached hydrogens (tertiary/aromatic N) is 2. The molecule has 1 fully saturated rings. The van der Waals surface area contributed by atoms with Crippen LogP contribution in [0.25, 0.3) is 0 Å². The van der Waals surface area contributed by atoms with Crippen molar-refractivity contribution < 1.29 is 4.74 Å². The first-order chi connectivity index (χ1) is 7.74. The summed E-state index contributed by atoms with van der Waals surface area (Å²) in [5, 5.41) is 6.69. The number of aryl methyl sites for hydroxylation is 2. The lowest BCUT2D eigenvalue weighted by Crippen LogP contribution is -2.45. The summed E-state index contributed by atoms with van der Waals surface area (Å²) in [6, 6.07) is 2.32. The molecule has 1 saturated heterocycles. The third-order valence-corrected chi connectivity index (χ3v) is 2.49. The van der Waals surface area contributed by atoms with Gasteiger partial charge in [0, 0.05) is 30.9 Å². The van der Waals surface area contributed by atoms with Crippen LogP contribution in [0.15, 0.2) is 6.07 Å². The molecule has 0 spiro atoms. The largest absolute Gasteiger partial charge is 0.378 e. The molecule has 2 N–H and O–H groups in total. The Balaban J connectivity index is 1.88. The summed E-state index contributed by atoms with van der Waals surface area (Å²) in [5.41, 5.74) is 0.989. The van der Waals surface area contributed by atoms with Crippen LogP contribution in [-0.2, 0) is 4.74 Å². The maximum Gasteiger partial charge on any atom is 0.129 e. The summed E-state index contributed by atoms with van der Waals surface area (Å²) in [4.78, 5) is 8.57. The molecule has 1 aromatic heterocycles. The maximum absolute atomic E-state index is 5.38. The number of hydrogen-bond acceptors (Lipinski definition) is 5. The smallest absolute Gasteiger partial charge is 0.129 e. The zero-order valence-corrected chi connectivity index (χ0v) is 9.79. The molecule has 2 rings (SSSR count). The fourth-order valence-corrected chi connectivity index (χ4v) is 1.79. The Labute approximate surface area is 95.6 Å². The van der Waals surface area contributed by atoms with Gasteiger partial charge in [-0.25, -0.2) is 9.97 Å². The van der Waals surface area contributed by atoms with Crippen LogP contribution >= 0.6 is 0 Å². The van der Waals surface area contributed by atoms with Crippen LogP contribution in [0.1, 0.15) is 11.5 Å². The van der Waals surface area contributed by atoms with Crippen molar-refractivity contribution in [1.29, 1.82) is 0 Å². The molecule has 0 bridgehead atoms. The normalized spacial score (nSPS) is 20.8. The summed E-state index contributed by atoms with van der Waals surface area (Å²) < 4.78 is 5.38. The van der Waals surface area contributed by atoms with Crippen molar-refractivity contribution in [2.75, 3.05) is 31.6 Å². The van der Waals surface area contributed by atoms with E-state index in [-0.39, 0.29) is 0 Å². The van der Waals surface area contributed by atoms with Crippen molar-refractivity contribution in [2.45, 2.75) is 19.9 Å². The summed E-state index contributed by atoms with van der Waals surface area (Å²) in [6.07, 6.45) is 0. The summed E-state index contributed by atoms with van der Waals surface area (Å²) in [5.74, 6) is 1.69. The molecule has 5 heteroatoms. The first-order valence-corrected chi connectivity index (χ1v) is 5.61. The van der Waals surface area contributed by atoms with E-state index < -0.39 is 0 Å². The van der Waals surface area contributed by atoms with Gasteiger partial charge in [-0.1, -0.05) is 0 Å². The number of morpholine rings is 1. The highest BCUT2D eigenvalue weighted by atomic mass is 16.5. The van der Waals surface area contributed by atoms with Gasteiger partial charge >= 0.3 is 0 Å². The summed E-state index contributed by atoms with van der Waals surface area (Å²) in [6.45, 7) is 7.20. The molecule has 1 atom stereocenters. The molecule has 5 nitrogen and oxygen atoms in total. The molecule has 1 aromatic rings. The molecule has 0 radical (unpaired) electrons. The molecule has 0 amide bonds. The van der Waals surface area contributed by atoms with Gasteiger partial charge in [-0.15, -0.1) is 0 Å². The highest BCUT2D eigenvalue weighted by Crippen LogP contribution is 2.05. The van der Waals surface area contributed by atoms with E-state index in [0.29, 0.717) is 6.04 Å². The van der Waals surface area contributed by atoms with Crippen LogP contribution in [-0.4, -0.2) is 42.3 Å². The van der Waals surface area contributed by atoms with Crippen LogP contribution < -0.4 is 10.6 Å². The van der Waals surface area contributed by atoms with Gasteiger partial charge in [0.2, 0.25) is 0 Å². The van der Waals surface area contributed by atoms with E-state index in [1.165, 1.54) is 0 Å². The molecular weight excluding hydrogens is 204 g/mol. The van der Waals surface area contributed by atoms with Crippen molar-refractivity contribution >= 4 is 5.82 Å². The Bertz CT molecular complexity index is 330. The second-order valence-corrected chi connectivity index (χ2v) is 4.05. The summed E-state index contributed by atoms with van der Waals surface area (Å²) >= 11 is 0. The molecule has 0 saturated carbocycles. The minimum absolute atomic E-state index is 0.365. The summed E-state index contributed by atoms with van der Waals surface area (Å²) in [7, 11) is 0. The number of aromatic nitrogens is 2. The lowest BCUT2D eigenvalue weighted by Gasteiger charge is -2.24. The van der Waals surface area contributed by atoms with Gasteiger partial charge in [-0.3, -0.25) is 0 Å². The maximum atomic E-state index is 5.38. The first kappa shape index (κ1) is 11.3. The number of rotatable bonds is 3. The Morgan fingerprint density at radius 2 is 2.38 bits per heavy atom. The fraction of sp³-hybridized carbons (Fsp3) is 0.636. The average molecular weight is 222 g/mol. The minimum Gasteiger partial charge on any atom is -0.378 e. The Morgan fingerprint density at radius 1 is 1.50 bits per heavy atom. The number of anilines is 1.